The van der Waals surface area contributed by atoms with Crippen LogP contribution in [0.1, 0.15) is 0 Å². The number of anilines is 1. The van der Waals surface area contributed by atoms with E-state index in [1.54, 1.807) is 0 Å². The number of phenolic OH excluding ortho intramolecular Hbond substituents is 1. The molecule has 0 amide bonds. The molecule has 14 nitrogen and oxygen atoms in total. The highest BCUT2D eigenvalue weighted by molar-refractivity contribution is 7.87. The molecule has 3 aromatic rings. The highest BCUT2D eigenvalue weighted by Gasteiger charge is 2.31. The van der Waals surface area contributed by atoms with Crippen LogP contribution in [-0.2, 0) is 24.4 Å². The summed E-state index contributed by atoms with van der Waals surface area (Å²) >= 11 is 0. The van der Waals surface area contributed by atoms with Crippen molar-refractivity contribution in [1.82, 2.24) is 0 Å². The van der Waals surface area contributed by atoms with Crippen LogP contribution in [0.5, 0.6) is 5.75 Å². The van der Waals surface area contributed by atoms with Gasteiger partial charge in [-0.15, -0.1) is 10.0 Å². The Bertz CT molecular complexity index is 1800. The average Bonchev–Trinajstić information content (AvgIpc) is 2.90. The second-order valence-electron chi connectivity index (χ2n) is 7.49. The number of hydrogen-bond donors (Lipinski definition) is 4. The smallest absolute Gasteiger partial charge is 0.301 e. The Kier molecular flexibility index (Phi) is 8.45. The fourth-order valence-electron chi connectivity index (χ4n) is 3.30. The zero-order chi connectivity index (χ0) is 29.0. The number of allylic oxidation sites excluding steroid dienone is 3. The third kappa shape index (κ3) is 6.10. The summed E-state index contributed by atoms with van der Waals surface area (Å²) in [7, 11) is -8.62. The van der Waals surface area contributed by atoms with E-state index in [4.69, 9.17) is 5.73 Å². The molecule has 0 aliphatic heterocycles. The second kappa shape index (κ2) is 11.4. The first-order valence-corrected chi connectivity index (χ1v) is 13.4. The van der Waals surface area contributed by atoms with E-state index in [0.29, 0.717) is 0 Å². The lowest BCUT2D eigenvalue weighted by molar-refractivity contribution is -0.435. The molecule has 0 radical (unpaired) electrons. The summed E-state index contributed by atoms with van der Waals surface area (Å²) in [5, 5.41) is 27.5. The van der Waals surface area contributed by atoms with Crippen LogP contribution in [0.4, 0.5) is 28.4 Å². The van der Waals surface area contributed by atoms with Crippen molar-refractivity contribution in [2.45, 2.75) is 9.79 Å². The molecule has 0 heterocycles. The van der Waals surface area contributed by atoms with E-state index in [1.165, 1.54) is 42.5 Å². The highest BCUT2D eigenvalue weighted by atomic mass is 32.2. The van der Waals surface area contributed by atoms with Gasteiger partial charge in [0.05, 0.1) is 18.2 Å². The highest BCUT2D eigenvalue weighted by Crippen LogP contribution is 2.46. The maximum Gasteiger partial charge on any atom is 0.301 e. The van der Waals surface area contributed by atoms with Crippen LogP contribution < -0.4 is 10.8 Å². The van der Waals surface area contributed by atoms with Gasteiger partial charge >= 0.3 is 10.1 Å². The molecule has 3 aromatic carbocycles. The Hall–Kier alpha value is -4.64. The number of nitrogens with two attached hydrogens (primary N) is 1. The number of aromatic hydroxyl groups is 1. The zero-order valence-electron chi connectivity index (χ0n) is 20.1. The quantitative estimate of drug-likeness (QED) is 0.0687. The van der Waals surface area contributed by atoms with Gasteiger partial charge in [-0.05, 0) is 64.2 Å². The number of nitrogen functional groups attached to an aromatic ring is 1. The number of rotatable bonds is 10. The van der Waals surface area contributed by atoms with E-state index in [2.05, 4.69) is 43.0 Å². The van der Waals surface area contributed by atoms with Crippen molar-refractivity contribution in [2.75, 3.05) is 12.8 Å². The second-order valence-corrected chi connectivity index (χ2v) is 10.6. The first-order valence-electron chi connectivity index (χ1n) is 10.5. The molecule has 0 aromatic heterocycles. The zero-order valence-corrected chi connectivity index (χ0v) is 21.8. The number of nitrogens with one attached hydrogen (secondary N) is 1. The van der Waals surface area contributed by atoms with Gasteiger partial charge in [-0.3, -0.25) is 8.74 Å². The molecular weight excluding hydrogens is 552 g/mol. The maximum absolute atomic E-state index is 12.7. The topological polar surface area (TPSA) is 224 Å². The number of phenols is 1. The standard InChI is InChI=1S/C23H20N6O8S2/c1-4-6-14(5-2)25-28-22-18(39(35,36)37-3)12-13-11-17(38(32,33)34)21(20(24)19(13)23(22)30)27-26-15-7-9-16(29-31)10-8-15/h4-12,30H,1-2,24H2,3H3,(H,32,33,34)/p+1/b14-6+,27-26?,28-25?. The molecule has 5 N–H and O–H groups in total. The number of azo groups is 2. The monoisotopic (exact) mass is 573 g/mol. The van der Waals surface area contributed by atoms with Gasteiger partial charge in [0, 0.05) is 0 Å². The summed E-state index contributed by atoms with van der Waals surface area (Å²) in [6.07, 6.45) is 4.08. The van der Waals surface area contributed by atoms with Crippen LogP contribution in [0.3, 0.4) is 0 Å². The van der Waals surface area contributed by atoms with Gasteiger partial charge in [-0.25, -0.2) is 0 Å². The molecule has 0 aliphatic carbocycles. The summed E-state index contributed by atoms with van der Waals surface area (Å²) in [6, 6.07) is 7.30. The van der Waals surface area contributed by atoms with Crippen molar-refractivity contribution in [3.8, 4) is 5.75 Å². The minimum atomic E-state index is -4.96. The minimum Gasteiger partial charge on any atom is -0.505 e. The lowest BCUT2D eigenvalue weighted by Crippen LogP contribution is -2.58. The molecular formula is C23H21N6O8S2+. The molecule has 0 atom stereocenters. The fraction of sp³-hybridized carbons (Fsp3) is 0.0435. The molecule has 0 aliphatic rings. The lowest BCUT2D eigenvalue weighted by atomic mass is 10.1. The summed E-state index contributed by atoms with van der Waals surface area (Å²) in [5.74, 6) is -0.794. The number of fused-ring (bicyclic) bond motifs is 1. The molecule has 3 rings (SSSR count). The lowest BCUT2D eigenvalue weighted by Gasteiger charge is -2.13. The van der Waals surface area contributed by atoms with Crippen LogP contribution in [0.15, 0.2) is 104 Å². The van der Waals surface area contributed by atoms with Crippen molar-refractivity contribution in [2.24, 2.45) is 20.5 Å². The van der Waals surface area contributed by atoms with E-state index < -0.39 is 52.8 Å². The third-order valence-electron chi connectivity index (χ3n) is 5.12. The molecule has 202 valence electrons. The molecule has 0 saturated carbocycles. The summed E-state index contributed by atoms with van der Waals surface area (Å²) < 4.78 is 64.2. The van der Waals surface area contributed by atoms with Gasteiger partial charge in [0.15, 0.2) is 10.6 Å². The molecule has 39 heavy (non-hydrogen) atoms. The first kappa shape index (κ1) is 28.9. The van der Waals surface area contributed by atoms with Gasteiger partial charge in [-0.1, -0.05) is 24.3 Å². The minimum absolute atomic E-state index is 0.119. The molecule has 16 heteroatoms. The van der Waals surface area contributed by atoms with Gasteiger partial charge in [0.2, 0.25) is 0 Å². The maximum atomic E-state index is 12.7. The van der Waals surface area contributed by atoms with Crippen LogP contribution in [0.25, 0.3) is 10.8 Å². The van der Waals surface area contributed by atoms with Crippen LogP contribution in [0.2, 0.25) is 0 Å². The van der Waals surface area contributed by atoms with E-state index in [-0.39, 0.29) is 27.8 Å². The molecule has 0 bridgehead atoms. The Morgan fingerprint density at radius 3 is 2.23 bits per heavy atom. The summed E-state index contributed by atoms with van der Waals surface area (Å²) in [5.41, 5.74) is 5.26. The number of nitrogens with zero attached hydrogens (tertiary/aromatic N) is 4. The van der Waals surface area contributed by atoms with Gasteiger partial charge in [-0.2, -0.15) is 21.9 Å². The Morgan fingerprint density at radius 2 is 1.69 bits per heavy atom. The third-order valence-corrected chi connectivity index (χ3v) is 7.29. The van der Waals surface area contributed by atoms with Crippen LogP contribution in [-0.4, -0.2) is 33.6 Å². The van der Waals surface area contributed by atoms with Crippen LogP contribution in [0, 0.1) is 4.91 Å². The van der Waals surface area contributed by atoms with Crippen LogP contribution >= 0.6 is 0 Å². The molecule has 0 spiro atoms. The van der Waals surface area contributed by atoms with E-state index >= 15 is 0 Å². The molecule has 0 fully saturated rings. The van der Waals surface area contributed by atoms with E-state index in [1.807, 2.05) is 0 Å². The molecule has 0 saturated heterocycles. The summed E-state index contributed by atoms with van der Waals surface area (Å²) in [6.45, 7) is 7.07. The van der Waals surface area contributed by atoms with Crippen molar-refractivity contribution >= 4 is 59.4 Å². The largest absolute Gasteiger partial charge is 0.505 e. The first-order chi connectivity index (χ1) is 18.4. The van der Waals surface area contributed by atoms with E-state index in [0.717, 1.165) is 19.2 Å². The molecule has 0 unspecified atom stereocenters. The normalized spacial score (nSPS) is 12.8. The predicted molar refractivity (Wildman–Crippen MR) is 142 cm³/mol. The Morgan fingerprint density at radius 1 is 1.08 bits per heavy atom. The number of nitroso groups, excluding NO2 is 1. The fourth-order valence-corrected chi connectivity index (χ4v) is 4.81. The van der Waals surface area contributed by atoms with Gasteiger partial charge in [0.1, 0.15) is 27.6 Å². The number of hydrogen-bond acceptors (Lipinski definition) is 12. The summed E-state index contributed by atoms with van der Waals surface area (Å²) in [4.78, 5) is 9.17. The predicted octanol–water partition coefficient (Wildman–Crippen LogP) is 3.94. The average molecular weight is 574 g/mol. The van der Waals surface area contributed by atoms with Crippen molar-refractivity contribution < 1.29 is 35.8 Å². The SMILES string of the molecule is C=C/C=C(\C=C)N=Nc1c(S(=O)(=O)OC)cc2cc(S(=O)(=O)O)c([NH+]=Nc3ccc(N=O)cc3)c(N)c2c1O. The Balaban J connectivity index is 2.41. The van der Waals surface area contributed by atoms with E-state index in [9.17, 15) is 31.4 Å². The van der Waals surface area contributed by atoms with Crippen molar-refractivity contribution in [3.05, 3.63) is 78.4 Å². The number of benzene rings is 3. The van der Waals surface area contributed by atoms with Gasteiger partial charge < -0.3 is 10.8 Å². The Labute approximate surface area is 222 Å². The van der Waals surface area contributed by atoms with Crippen molar-refractivity contribution in [3.63, 3.8) is 0 Å². The van der Waals surface area contributed by atoms with Gasteiger partial charge in [0.25, 0.3) is 15.8 Å². The van der Waals surface area contributed by atoms with Crippen molar-refractivity contribution in [1.29, 1.82) is 0 Å².